The molecule has 0 fully saturated rings. The fourth-order valence-corrected chi connectivity index (χ4v) is 2.13. The summed E-state index contributed by atoms with van der Waals surface area (Å²) in [6, 6.07) is 4.87. The molecule has 0 heterocycles. The first-order valence-corrected chi connectivity index (χ1v) is 6.00. The van der Waals surface area contributed by atoms with Crippen molar-refractivity contribution in [2.75, 3.05) is 13.1 Å². The molecule has 1 rings (SSSR count). The standard InChI is InChI=1S/C9H13FN2O2S/c10-8-3-1-4-9(7-8)15(13,14)12-6-2-5-11/h1,3-4,7,12H,2,5-6,11H2. The molecule has 84 valence electrons. The molecule has 3 N–H and O–H groups in total. The van der Waals surface area contributed by atoms with Crippen LogP contribution in [0.5, 0.6) is 0 Å². The Kier molecular flexibility index (Phi) is 4.19. The lowest BCUT2D eigenvalue weighted by Crippen LogP contribution is -2.26. The number of hydrogen-bond acceptors (Lipinski definition) is 3. The highest BCUT2D eigenvalue weighted by atomic mass is 32.2. The quantitative estimate of drug-likeness (QED) is 0.724. The highest BCUT2D eigenvalue weighted by molar-refractivity contribution is 7.89. The lowest BCUT2D eigenvalue weighted by molar-refractivity contribution is 0.576. The summed E-state index contributed by atoms with van der Waals surface area (Å²) in [7, 11) is -3.60. The van der Waals surface area contributed by atoms with Crippen LogP contribution < -0.4 is 10.5 Å². The van der Waals surface area contributed by atoms with E-state index in [2.05, 4.69) is 4.72 Å². The van der Waals surface area contributed by atoms with E-state index in [0.29, 0.717) is 13.0 Å². The molecule has 0 aliphatic rings. The summed E-state index contributed by atoms with van der Waals surface area (Å²) in [5.41, 5.74) is 5.23. The number of nitrogens with two attached hydrogens (primary N) is 1. The first-order valence-electron chi connectivity index (χ1n) is 4.51. The van der Waals surface area contributed by atoms with Gasteiger partial charge in [-0.05, 0) is 31.2 Å². The normalized spacial score (nSPS) is 11.6. The second-order valence-corrected chi connectivity index (χ2v) is 4.76. The van der Waals surface area contributed by atoms with Crippen LogP contribution in [0.2, 0.25) is 0 Å². The molecule has 0 atom stereocenters. The van der Waals surface area contributed by atoms with Gasteiger partial charge in [0.15, 0.2) is 0 Å². The van der Waals surface area contributed by atoms with Crippen molar-refractivity contribution < 1.29 is 12.8 Å². The van der Waals surface area contributed by atoms with Crippen LogP contribution in [0, 0.1) is 5.82 Å². The SMILES string of the molecule is NCCCNS(=O)(=O)c1cccc(F)c1. The van der Waals surface area contributed by atoms with Crippen LogP contribution >= 0.6 is 0 Å². The first-order chi connectivity index (χ1) is 7.06. The number of rotatable bonds is 5. The molecule has 0 saturated carbocycles. The number of benzene rings is 1. The molecule has 1 aromatic carbocycles. The molecular formula is C9H13FN2O2S. The summed E-state index contributed by atoms with van der Waals surface area (Å²) < 4.78 is 38.2. The summed E-state index contributed by atoms with van der Waals surface area (Å²) in [4.78, 5) is -0.0699. The predicted molar refractivity (Wildman–Crippen MR) is 55.3 cm³/mol. The third kappa shape index (κ3) is 3.58. The third-order valence-corrected chi connectivity index (χ3v) is 3.24. The van der Waals surface area contributed by atoms with Gasteiger partial charge in [-0.3, -0.25) is 0 Å². The van der Waals surface area contributed by atoms with E-state index >= 15 is 0 Å². The zero-order chi connectivity index (χ0) is 11.3. The molecule has 0 unspecified atom stereocenters. The van der Waals surface area contributed by atoms with E-state index in [4.69, 9.17) is 5.73 Å². The Balaban J connectivity index is 2.77. The molecule has 0 aromatic heterocycles. The Morgan fingerprint density at radius 2 is 2.13 bits per heavy atom. The highest BCUT2D eigenvalue weighted by Gasteiger charge is 2.13. The van der Waals surface area contributed by atoms with E-state index in [-0.39, 0.29) is 11.4 Å². The zero-order valence-corrected chi connectivity index (χ0v) is 8.93. The fraction of sp³-hybridized carbons (Fsp3) is 0.333. The molecular weight excluding hydrogens is 219 g/mol. The van der Waals surface area contributed by atoms with Gasteiger partial charge in [-0.15, -0.1) is 0 Å². The van der Waals surface area contributed by atoms with E-state index in [1.54, 1.807) is 0 Å². The van der Waals surface area contributed by atoms with Crippen molar-refractivity contribution in [2.45, 2.75) is 11.3 Å². The Labute approximate surface area is 88.3 Å². The van der Waals surface area contributed by atoms with Crippen molar-refractivity contribution >= 4 is 10.0 Å². The third-order valence-electron chi connectivity index (χ3n) is 1.78. The van der Waals surface area contributed by atoms with Gasteiger partial charge in [-0.25, -0.2) is 17.5 Å². The van der Waals surface area contributed by atoms with Gasteiger partial charge in [0.1, 0.15) is 5.82 Å². The molecule has 15 heavy (non-hydrogen) atoms. The minimum Gasteiger partial charge on any atom is -0.330 e. The molecule has 1 aromatic rings. The number of halogens is 1. The molecule has 6 heteroatoms. The van der Waals surface area contributed by atoms with Crippen molar-refractivity contribution in [1.29, 1.82) is 0 Å². The maximum Gasteiger partial charge on any atom is 0.240 e. The van der Waals surface area contributed by atoms with Gasteiger partial charge in [0, 0.05) is 6.54 Å². The van der Waals surface area contributed by atoms with Crippen molar-refractivity contribution in [2.24, 2.45) is 5.73 Å². The Bertz CT molecular complexity index is 420. The van der Waals surface area contributed by atoms with Crippen LogP contribution in [0.3, 0.4) is 0 Å². The maximum atomic E-state index is 12.8. The summed E-state index contributed by atoms with van der Waals surface area (Å²) in [5.74, 6) is -0.573. The highest BCUT2D eigenvalue weighted by Crippen LogP contribution is 2.09. The topological polar surface area (TPSA) is 72.2 Å². The van der Waals surface area contributed by atoms with Crippen molar-refractivity contribution in [3.63, 3.8) is 0 Å². The minimum absolute atomic E-state index is 0.0699. The fourth-order valence-electron chi connectivity index (χ4n) is 1.03. The summed E-state index contributed by atoms with van der Waals surface area (Å²) in [5, 5.41) is 0. The maximum absolute atomic E-state index is 12.8. The molecule has 4 nitrogen and oxygen atoms in total. The summed E-state index contributed by atoms with van der Waals surface area (Å²) >= 11 is 0. The molecule has 0 aliphatic heterocycles. The van der Waals surface area contributed by atoms with E-state index in [1.807, 2.05) is 0 Å². The van der Waals surface area contributed by atoms with E-state index in [1.165, 1.54) is 18.2 Å². The molecule has 0 bridgehead atoms. The van der Waals surface area contributed by atoms with Gasteiger partial charge in [0.05, 0.1) is 4.90 Å². The van der Waals surface area contributed by atoms with Crippen LogP contribution in [-0.4, -0.2) is 21.5 Å². The first kappa shape index (κ1) is 12.1. The Morgan fingerprint density at radius 3 is 2.73 bits per heavy atom. The van der Waals surface area contributed by atoms with E-state index in [0.717, 1.165) is 6.07 Å². The van der Waals surface area contributed by atoms with E-state index < -0.39 is 15.8 Å². The van der Waals surface area contributed by atoms with Crippen molar-refractivity contribution in [3.8, 4) is 0 Å². The van der Waals surface area contributed by atoms with E-state index in [9.17, 15) is 12.8 Å². The second kappa shape index (κ2) is 5.20. The van der Waals surface area contributed by atoms with Gasteiger partial charge in [-0.2, -0.15) is 0 Å². The van der Waals surface area contributed by atoms with Crippen LogP contribution in [0.1, 0.15) is 6.42 Å². The van der Waals surface area contributed by atoms with Crippen molar-refractivity contribution in [1.82, 2.24) is 4.72 Å². The summed E-state index contributed by atoms with van der Waals surface area (Å²) in [6.07, 6.45) is 0.550. The second-order valence-electron chi connectivity index (χ2n) is 3.00. The number of hydrogen-bond donors (Lipinski definition) is 2. The van der Waals surface area contributed by atoms with Gasteiger partial charge in [0.25, 0.3) is 0 Å². The molecule has 0 spiro atoms. The Morgan fingerprint density at radius 1 is 1.40 bits per heavy atom. The van der Waals surface area contributed by atoms with Crippen LogP contribution in [0.25, 0.3) is 0 Å². The molecule has 0 radical (unpaired) electrons. The molecule has 0 saturated heterocycles. The molecule has 0 amide bonds. The average Bonchev–Trinajstić information content (AvgIpc) is 2.18. The van der Waals surface area contributed by atoms with Crippen LogP contribution in [0.15, 0.2) is 29.2 Å². The van der Waals surface area contributed by atoms with Crippen LogP contribution in [0.4, 0.5) is 4.39 Å². The smallest absolute Gasteiger partial charge is 0.240 e. The van der Waals surface area contributed by atoms with Gasteiger partial charge < -0.3 is 5.73 Å². The van der Waals surface area contributed by atoms with Gasteiger partial charge >= 0.3 is 0 Å². The minimum atomic E-state index is -3.60. The zero-order valence-electron chi connectivity index (χ0n) is 8.11. The van der Waals surface area contributed by atoms with Gasteiger partial charge in [0.2, 0.25) is 10.0 Å². The molecule has 0 aliphatic carbocycles. The predicted octanol–water partition coefficient (Wildman–Crippen LogP) is 0.453. The number of nitrogens with one attached hydrogen (secondary N) is 1. The average molecular weight is 232 g/mol. The largest absolute Gasteiger partial charge is 0.330 e. The number of sulfonamides is 1. The lowest BCUT2D eigenvalue weighted by atomic mass is 10.4. The van der Waals surface area contributed by atoms with Crippen molar-refractivity contribution in [3.05, 3.63) is 30.1 Å². The summed E-state index contributed by atoms with van der Waals surface area (Å²) in [6.45, 7) is 0.668. The van der Waals surface area contributed by atoms with Crippen LogP contribution in [-0.2, 0) is 10.0 Å². The Hall–Kier alpha value is -0.980. The van der Waals surface area contributed by atoms with Gasteiger partial charge in [-0.1, -0.05) is 6.07 Å². The lowest BCUT2D eigenvalue weighted by Gasteiger charge is -2.05. The monoisotopic (exact) mass is 232 g/mol.